The van der Waals surface area contributed by atoms with Crippen molar-refractivity contribution in [1.29, 1.82) is 0 Å². The predicted molar refractivity (Wildman–Crippen MR) is 79.7 cm³/mol. The number of hydrogen-bond donors (Lipinski definition) is 1. The lowest BCUT2D eigenvalue weighted by atomic mass is 10.1. The molecule has 1 aromatic rings. The van der Waals surface area contributed by atoms with Crippen molar-refractivity contribution in [2.24, 2.45) is 0 Å². The summed E-state index contributed by atoms with van der Waals surface area (Å²) in [5.41, 5.74) is 0.532. The largest absolute Gasteiger partial charge is 0.452 e. The summed E-state index contributed by atoms with van der Waals surface area (Å²) in [4.78, 5) is 14.1. The Morgan fingerprint density at radius 1 is 1.55 bits per heavy atom. The summed E-state index contributed by atoms with van der Waals surface area (Å²) in [5.74, 6) is 0.801. The third kappa shape index (κ3) is 3.55. The highest BCUT2D eigenvalue weighted by atomic mass is 79.9. The number of hydrogen-bond acceptors (Lipinski definition) is 4. The fourth-order valence-corrected chi connectivity index (χ4v) is 2.78. The summed E-state index contributed by atoms with van der Waals surface area (Å²) in [7, 11) is 0. The Labute approximate surface area is 127 Å². The fraction of sp³-hybridized carbons (Fsp3) is 0.643. The van der Waals surface area contributed by atoms with Gasteiger partial charge in [-0.2, -0.15) is 0 Å². The molecular weight excluding hydrogens is 324 g/mol. The van der Waals surface area contributed by atoms with Crippen molar-refractivity contribution in [2.45, 2.75) is 39.3 Å². The molecule has 0 radical (unpaired) electrons. The molecule has 0 spiro atoms. The standard InChI is InChI=1S/C14H21BrN2O3/c1-9-7-11(15)19-12(9)10-8-16-5-6-17(10)13(18)20-14(2,3)4/h7,10,16H,5-6,8H2,1-4H3. The highest BCUT2D eigenvalue weighted by molar-refractivity contribution is 9.10. The van der Waals surface area contributed by atoms with Gasteiger partial charge in [0.2, 0.25) is 0 Å². The van der Waals surface area contributed by atoms with Crippen LogP contribution < -0.4 is 5.32 Å². The maximum atomic E-state index is 12.3. The molecule has 5 nitrogen and oxygen atoms in total. The molecule has 0 saturated carbocycles. The zero-order chi connectivity index (χ0) is 14.9. The van der Waals surface area contributed by atoms with Gasteiger partial charge >= 0.3 is 6.09 Å². The van der Waals surface area contributed by atoms with Gasteiger partial charge in [0.05, 0.1) is 0 Å². The number of furan rings is 1. The van der Waals surface area contributed by atoms with Gasteiger partial charge in [0.1, 0.15) is 17.4 Å². The molecule has 1 atom stereocenters. The SMILES string of the molecule is Cc1cc(Br)oc1C1CNCCN1C(=O)OC(C)(C)C. The number of nitrogens with zero attached hydrogens (tertiary/aromatic N) is 1. The minimum atomic E-state index is -0.495. The van der Waals surface area contributed by atoms with E-state index in [1.54, 1.807) is 4.90 Å². The molecule has 1 saturated heterocycles. The molecular formula is C14H21BrN2O3. The molecule has 1 unspecified atom stereocenters. The summed E-state index contributed by atoms with van der Waals surface area (Å²) in [6.07, 6.45) is -0.295. The minimum absolute atomic E-state index is 0.134. The van der Waals surface area contributed by atoms with E-state index in [0.717, 1.165) is 17.9 Å². The van der Waals surface area contributed by atoms with E-state index in [-0.39, 0.29) is 12.1 Å². The first kappa shape index (κ1) is 15.4. The molecule has 0 bridgehead atoms. The van der Waals surface area contributed by atoms with Crippen molar-refractivity contribution in [2.75, 3.05) is 19.6 Å². The summed E-state index contributed by atoms with van der Waals surface area (Å²) in [6.45, 7) is 9.63. The van der Waals surface area contributed by atoms with Gasteiger partial charge in [0, 0.05) is 19.6 Å². The highest BCUT2D eigenvalue weighted by Crippen LogP contribution is 2.30. The van der Waals surface area contributed by atoms with E-state index in [1.807, 2.05) is 33.8 Å². The Morgan fingerprint density at radius 3 is 2.80 bits per heavy atom. The number of amides is 1. The topological polar surface area (TPSA) is 54.7 Å². The zero-order valence-electron chi connectivity index (χ0n) is 12.3. The Kier molecular flexibility index (Phi) is 4.44. The molecule has 6 heteroatoms. The van der Waals surface area contributed by atoms with Crippen LogP contribution >= 0.6 is 15.9 Å². The van der Waals surface area contributed by atoms with Gasteiger partial charge in [0.25, 0.3) is 0 Å². The van der Waals surface area contributed by atoms with E-state index >= 15 is 0 Å². The van der Waals surface area contributed by atoms with Crippen LogP contribution in [0.1, 0.15) is 38.1 Å². The van der Waals surface area contributed by atoms with E-state index in [2.05, 4.69) is 21.2 Å². The predicted octanol–water partition coefficient (Wildman–Crippen LogP) is 3.23. The Balaban J connectivity index is 2.21. The molecule has 1 aromatic heterocycles. The summed E-state index contributed by atoms with van der Waals surface area (Å²) in [6, 6.07) is 1.78. The lowest BCUT2D eigenvalue weighted by Gasteiger charge is -2.36. The number of halogens is 1. The average molecular weight is 345 g/mol. The maximum Gasteiger partial charge on any atom is 0.411 e. The molecule has 1 aliphatic rings. The number of carbonyl (C=O) groups is 1. The van der Waals surface area contributed by atoms with Crippen LogP contribution in [0.15, 0.2) is 15.2 Å². The molecule has 2 heterocycles. The van der Waals surface area contributed by atoms with Crippen LogP contribution in [0, 0.1) is 6.92 Å². The minimum Gasteiger partial charge on any atom is -0.452 e. The second-order valence-electron chi connectivity index (χ2n) is 5.99. The Bertz CT molecular complexity index is 493. The van der Waals surface area contributed by atoms with Crippen LogP contribution in [0.25, 0.3) is 0 Å². The van der Waals surface area contributed by atoms with Crippen LogP contribution in [0.2, 0.25) is 0 Å². The lowest BCUT2D eigenvalue weighted by molar-refractivity contribution is 0.00915. The first-order valence-electron chi connectivity index (χ1n) is 6.74. The highest BCUT2D eigenvalue weighted by Gasteiger charge is 2.34. The van der Waals surface area contributed by atoms with Crippen molar-refractivity contribution >= 4 is 22.0 Å². The van der Waals surface area contributed by atoms with Crippen molar-refractivity contribution in [3.8, 4) is 0 Å². The van der Waals surface area contributed by atoms with Crippen LogP contribution in [0.5, 0.6) is 0 Å². The van der Waals surface area contributed by atoms with E-state index < -0.39 is 5.60 Å². The number of rotatable bonds is 1. The molecule has 2 rings (SSSR count). The molecule has 1 fully saturated rings. The average Bonchev–Trinajstić information content (AvgIpc) is 2.66. The second kappa shape index (κ2) is 5.77. The molecule has 112 valence electrons. The van der Waals surface area contributed by atoms with Gasteiger partial charge in [-0.3, -0.25) is 4.90 Å². The third-order valence-corrected chi connectivity index (χ3v) is 3.49. The Hall–Kier alpha value is -1.01. The quantitative estimate of drug-likeness (QED) is 0.849. The number of aryl methyl sites for hydroxylation is 1. The van der Waals surface area contributed by atoms with Crippen molar-refractivity contribution in [1.82, 2.24) is 10.2 Å². The fourth-order valence-electron chi connectivity index (χ4n) is 2.26. The number of ether oxygens (including phenoxy) is 1. The van der Waals surface area contributed by atoms with E-state index in [0.29, 0.717) is 17.8 Å². The van der Waals surface area contributed by atoms with Crippen LogP contribution in [0.4, 0.5) is 4.79 Å². The van der Waals surface area contributed by atoms with Crippen molar-refractivity contribution in [3.05, 3.63) is 22.1 Å². The maximum absolute atomic E-state index is 12.3. The van der Waals surface area contributed by atoms with Gasteiger partial charge in [-0.15, -0.1) is 0 Å². The van der Waals surface area contributed by atoms with E-state index in [1.165, 1.54) is 0 Å². The van der Waals surface area contributed by atoms with Gasteiger partial charge in [0.15, 0.2) is 4.67 Å². The van der Waals surface area contributed by atoms with Gasteiger partial charge in [-0.1, -0.05) is 0 Å². The lowest BCUT2D eigenvalue weighted by Crippen LogP contribution is -2.50. The van der Waals surface area contributed by atoms with Gasteiger partial charge in [-0.05, 0) is 55.3 Å². The summed E-state index contributed by atoms with van der Waals surface area (Å²) >= 11 is 3.33. The molecule has 0 aliphatic carbocycles. The van der Waals surface area contributed by atoms with Crippen LogP contribution in [0.3, 0.4) is 0 Å². The summed E-state index contributed by atoms with van der Waals surface area (Å²) < 4.78 is 11.9. The molecule has 1 aliphatic heterocycles. The van der Waals surface area contributed by atoms with Crippen molar-refractivity contribution < 1.29 is 13.9 Å². The van der Waals surface area contributed by atoms with Crippen LogP contribution in [-0.2, 0) is 4.74 Å². The van der Waals surface area contributed by atoms with E-state index in [4.69, 9.17) is 9.15 Å². The number of piperazine rings is 1. The number of carbonyl (C=O) groups excluding carboxylic acids is 1. The summed E-state index contributed by atoms with van der Waals surface area (Å²) in [5, 5.41) is 3.29. The third-order valence-electron chi connectivity index (χ3n) is 3.10. The number of nitrogens with one attached hydrogen (secondary N) is 1. The molecule has 1 N–H and O–H groups in total. The van der Waals surface area contributed by atoms with Crippen molar-refractivity contribution in [3.63, 3.8) is 0 Å². The molecule has 1 amide bonds. The zero-order valence-corrected chi connectivity index (χ0v) is 13.9. The smallest absolute Gasteiger partial charge is 0.411 e. The first-order chi connectivity index (χ1) is 9.28. The molecule has 0 aromatic carbocycles. The van der Waals surface area contributed by atoms with Gasteiger partial charge in [-0.25, -0.2) is 4.79 Å². The molecule has 20 heavy (non-hydrogen) atoms. The Morgan fingerprint density at radius 2 is 2.25 bits per heavy atom. The first-order valence-corrected chi connectivity index (χ1v) is 7.53. The second-order valence-corrected chi connectivity index (χ2v) is 6.77. The van der Waals surface area contributed by atoms with Gasteiger partial charge < -0.3 is 14.5 Å². The monoisotopic (exact) mass is 344 g/mol. The van der Waals surface area contributed by atoms with Crippen LogP contribution in [-0.4, -0.2) is 36.2 Å². The van der Waals surface area contributed by atoms with E-state index in [9.17, 15) is 4.79 Å². The normalized spacial score (nSPS) is 20.1.